The largest absolute Gasteiger partial charge is 0.444 e. The van der Waals surface area contributed by atoms with E-state index < -0.39 is 11.7 Å². The Balaban J connectivity index is 2.47. The lowest BCUT2D eigenvalue weighted by Gasteiger charge is -2.31. The predicted octanol–water partition coefficient (Wildman–Crippen LogP) is 2.42. The molecule has 0 spiro atoms. The van der Waals surface area contributed by atoms with E-state index in [1.54, 1.807) is 4.90 Å². The standard InChI is InChI=1S/C16H28N2O4S/c1-11(19)23-12-7-13(20)18(8-12)10-16(5,6)9-17-14(21)22-15(2,3)4/h12H,7-10H2,1-6H3,(H,17,21). The molecule has 1 saturated heterocycles. The number of ether oxygens (including phenoxy) is 1. The van der Waals surface area contributed by atoms with Crippen LogP contribution in [0.1, 0.15) is 48.0 Å². The number of hydrogen-bond donors (Lipinski definition) is 1. The zero-order valence-corrected chi connectivity index (χ0v) is 15.7. The quantitative estimate of drug-likeness (QED) is 0.829. The molecule has 132 valence electrons. The van der Waals surface area contributed by atoms with E-state index in [4.69, 9.17) is 4.74 Å². The Hall–Kier alpha value is -1.24. The summed E-state index contributed by atoms with van der Waals surface area (Å²) >= 11 is 1.23. The topological polar surface area (TPSA) is 75.7 Å². The molecule has 2 amide bonds. The van der Waals surface area contributed by atoms with Crippen molar-refractivity contribution in [2.24, 2.45) is 5.41 Å². The van der Waals surface area contributed by atoms with Gasteiger partial charge in [0.25, 0.3) is 0 Å². The summed E-state index contributed by atoms with van der Waals surface area (Å²) in [5.74, 6) is 0.0640. The summed E-state index contributed by atoms with van der Waals surface area (Å²) in [6.07, 6.45) is -0.0526. The van der Waals surface area contributed by atoms with Crippen molar-refractivity contribution in [1.82, 2.24) is 10.2 Å². The van der Waals surface area contributed by atoms with Gasteiger partial charge >= 0.3 is 6.09 Å². The number of amides is 2. The third-order valence-electron chi connectivity index (χ3n) is 3.24. The Bertz CT molecular complexity index is 471. The van der Waals surface area contributed by atoms with Crippen molar-refractivity contribution in [2.75, 3.05) is 19.6 Å². The van der Waals surface area contributed by atoms with Crippen LogP contribution in [-0.2, 0) is 14.3 Å². The van der Waals surface area contributed by atoms with E-state index in [0.717, 1.165) is 0 Å². The first-order chi connectivity index (χ1) is 10.4. The van der Waals surface area contributed by atoms with E-state index in [-0.39, 0.29) is 21.7 Å². The van der Waals surface area contributed by atoms with Crippen molar-refractivity contribution in [3.05, 3.63) is 0 Å². The molecule has 1 unspecified atom stereocenters. The fourth-order valence-corrected chi connectivity index (χ4v) is 3.35. The third-order valence-corrected chi connectivity index (χ3v) is 4.22. The summed E-state index contributed by atoms with van der Waals surface area (Å²) in [6.45, 7) is 12.5. The maximum atomic E-state index is 12.1. The van der Waals surface area contributed by atoms with E-state index in [2.05, 4.69) is 5.32 Å². The van der Waals surface area contributed by atoms with Crippen molar-refractivity contribution >= 4 is 28.9 Å². The van der Waals surface area contributed by atoms with E-state index >= 15 is 0 Å². The minimum absolute atomic E-state index is 0.0367. The van der Waals surface area contributed by atoms with Crippen LogP contribution in [0, 0.1) is 5.41 Å². The molecule has 23 heavy (non-hydrogen) atoms. The number of nitrogens with zero attached hydrogens (tertiary/aromatic N) is 1. The first kappa shape index (κ1) is 19.8. The van der Waals surface area contributed by atoms with Crippen LogP contribution in [0.5, 0.6) is 0 Å². The Kier molecular flexibility index (Phi) is 6.50. The van der Waals surface area contributed by atoms with Crippen molar-refractivity contribution in [3.63, 3.8) is 0 Å². The third kappa shape index (κ3) is 7.72. The average Bonchev–Trinajstić information content (AvgIpc) is 2.63. The van der Waals surface area contributed by atoms with Crippen molar-refractivity contribution in [2.45, 2.75) is 58.8 Å². The van der Waals surface area contributed by atoms with Crippen LogP contribution in [0.3, 0.4) is 0 Å². The van der Waals surface area contributed by atoms with Gasteiger partial charge in [-0.2, -0.15) is 0 Å². The Morgan fingerprint density at radius 1 is 1.30 bits per heavy atom. The van der Waals surface area contributed by atoms with Crippen LogP contribution in [0.4, 0.5) is 4.79 Å². The van der Waals surface area contributed by atoms with Crippen LogP contribution in [0.2, 0.25) is 0 Å². The summed E-state index contributed by atoms with van der Waals surface area (Å²) in [4.78, 5) is 36.7. The molecule has 0 bridgehead atoms. The SMILES string of the molecule is CC(=O)SC1CC(=O)N(CC(C)(C)CNC(=O)OC(C)(C)C)C1. The van der Waals surface area contributed by atoms with Gasteiger partial charge in [-0.1, -0.05) is 25.6 Å². The van der Waals surface area contributed by atoms with Crippen molar-refractivity contribution in [3.8, 4) is 0 Å². The molecule has 0 aliphatic carbocycles. The second kappa shape index (κ2) is 7.55. The molecule has 1 N–H and O–H groups in total. The predicted molar refractivity (Wildman–Crippen MR) is 91.3 cm³/mol. The van der Waals surface area contributed by atoms with E-state index in [1.165, 1.54) is 18.7 Å². The molecule has 7 heteroatoms. The molecule has 0 aromatic rings. The van der Waals surface area contributed by atoms with Gasteiger partial charge in [-0.25, -0.2) is 4.79 Å². The minimum atomic E-state index is -0.531. The Labute approximate surface area is 142 Å². The van der Waals surface area contributed by atoms with Gasteiger partial charge in [0.2, 0.25) is 5.91 Å². The minimum Gasteiger partial charge on any atom is -0.444 e. The molecule has 0 aromatic heterocycles. The first-order valence-electron chi connectivity index (χ1n) is 7.80. The molecule has 1 fully saturated rings. The summed E-state index contributed by atoms with van der Waals surface area (Å²) in [7, 11) is 0. The van der Waals surface area contributed by atoms with Crippen LogP contribution in [0.25, 0.3) is 0 Å². The fraction of sp³-hybridized carbons (Fsp3) is 0.812. The van der Waals surface area contributed by atoms with Gasteiger partial charge < -0.3 is 15.0 Å². The van der Waals surface area contributed by atoms with Crippen molar-refractivity contribution in [1.29, 1.82) is 0 Å². The number of thioether (sulfide) groups is 1. The number of hydrogen-bond acceptors (Lipinski definition) is 5. The van der Waals surface area contributed by atoms with Gasteiger partial charge in [-0.15, -0.1) is 0 Å². The van der Waals surface area contributed by atoms with Crippen molar-refractivity contribution < 1.29 is 19.1 Å². The number of carbonyl (C=O) groups is 3. The molecular weight excluding hydrogens is 316 g/mol. The summed E-state index contributed by atoms with van der Waals surface area (Å²) in [6, 6.07) is 0. The highest BCUT2D eigenvalue weighted by Crippen LogP contribution is 2.27. The monoisotopic (exact) mass is 344 g/mol. The molecule has 0 aromatic carbocycles. The zero-order chi connectivity index (χ0) is 17.8. The second-order valence-electron chi connectivity index (χ2n) is 7.73. The average molecular weight is 344 g/mol. The highest BCUT2D eigenvalue weighted by atomic mass is 32.2. The number of alkyl carbamates (subject to hydrolysis) is 1. The Morgan fingerprint density at radius 2 is 1.91 bits per heavy atom. The highest BCUT2D eigenvalue weighted by Gasteiger charge is 2.34. The van der Waals surface area contributed by atoms with Gasteiger partial charge in [0.05, 0.1) is 0 Å². The maximum absolute atomic E-state index is 12.1. The van der Waals surface area contributed by atoms with E-state index in [1.807, 2.05) is 34.6 Å². The number of likely N-dealkylation sites (tertiary alicyclic amines) is 1. The molecular formula is C16H28N2O4S. The lowest BCUT2D eigenvalue weighted by molar-refractivity contribution is -0.128. The van der Waals surface area contributed by atoms with Gasteiger partial charge in [0, 0.05) is 38.2 Å². The lowest BCUT2D eigenvalue weighted by atomic mass is 9.93. The van der Waals surface area contributed by atoms with Gasteiger partial charge in [-0.05, 0) is 26.2 Å². The van der Waals surface area contributed by atoms with Crippen LogP contribution in [0.15, 0.2) is 0 Å². The van der Waals surface area contributed by atoms with Gasteiger partial charge in [0.1, 0.15) is 5.60 Å². The molecule has 1 rings (SSSR count). The van der Waals surface area contributed by atoms with Gasteiger partial charge in [-0.3, -0.25) is 9.59 Å². The molecule has 0 radical (unpaired) electrons. The van der Waals surface area contributed by atoms with Crippen LogP contribution >= 0.6 is 11.8 Å². The number of carbonyl (C=O) groups excluding carboxylic acids is 3. The first-order valence-corrected chi connectivity index (χ1v) is 8.68. The summed E-state index contributed by atoms with van der Waals surface area (Å²) < 4.78 is 5.21. The van der Waals surface area contributed by atoms with Gasteiger partial charge in [0.15, 0.2) is 5.12 Å². The smallest absolute Gasteiger partial charge is 0.407 e. The number of nitrogens with one attached hydrogen (secondary N) is 1. The Morgan fingerprint density at radius 3 is 2.43 bits per heavy atom. The van der Waals surface area contributed by atoms with E-state index in [9.17, 15) is 14.4 Å². The van der Waals surface area contributed by atoms with E-state index in [0.29, 0.717) is 26.1 Å². The fourth-order valence-electron chi connectivity index (χ4n) is 2.40. The molecule has 0 saturated carbocycles. The normalized spacial score (nSPS) is 19.0. The zero-order valence-electron chi connectivity index (χ0n) is 14.9. The molecule has 1 aliphatic rings. The summed E-state index contributed by atoms with van der Waals surface area (Å²) in [5.41, 5.74) is -0.807. The molecule has 1 aliphatic heterocycles. The lowest BCUT2D eigenvalue weighted by Crippen LogP contribution is -2.44. The highest BCUT2D eigenvalue weighted by molar-refractivity contribution is 8.14. The molecule has 1 atom stereocenters. The van der Waals surface area contributed by atoms with Crippen LogP contribution < -0.4 is 5.32 Å². The maximum Gasteiger partial charge on any atom is 0.407 e. The molecule has 1 heterocycles. The molecule has 6 nitrogen and oxygen atoms in total. The number of rotatable bonds is 5. The summed E-state index contributed by atoms with van der Waals surface area (Å²) in [5, 5.41) is 2.83. The second-order valence-corrected chi connectivity index (χ2v) is 9.21. The van der Waals surface area contributed by atoms with Crippen LogP contribution in [-0.4, -0.2) is 52.5 Å².